The fourth-order valence-electron chi connectivity index (χ4n) is 2.83. The van der Waals surface area contributed by atoms with Crippen LogP contribution in [0.15, 0.2) is 21.3 Å². The van der Waals surface area contributed by atoms with Crippen molar-refractivity contribution in [3.05, 3.63) is 39.2 Å². The summed E-state index contributed by atoms with van der Waals surface area (Å²) >= 11 is 0. The topological polar surface area (TPSA) is 76.7 Å². The Kier molecular flexibility index (Phi) is 3.20. The van der Waals surface area contributed by atoms with E-state index in [-0.39, 0.29) is 5.63 Å². The number of hydrogen-bond acceptors (Lipinski definition) is 4. The normalized spacial score (nSPS) is 15.0. The van der Waals surface area contributed by atoms with Crippen molar-refractivity contribution >= 4 is 16.9 Å². The highest BCUT2D eigenvalue weighted by atomic mass is 16.5. The highest BCUT2D eigenvalue weighted by Gasteiger charge is 2.22. The van der Waals surface area contributed by atoms with Crippen LogP contribution in [0.4, 0.5) is 0 Å². The minimum absolute atomic E-state index is 0.290. The number of hydrogen-bond donors (Lipinski definition) is 1. The SMILES string of the molecule is Cc1c(OC(C)C(=O)O)ccc2c3c(c(=O)oc12)CCC3. The maximum absolute atomic E-state index is 12.0. The van der Waals surface area contributed by atoms with Crippen molar-refractivity contribution in [2.45, 2.75) is 39.2 Å². The molecule has 1 aromatic carbocycles. The van der Waals surface area contributed by atoms with Crippen LogP contribution in [0.25, 0.3) is 11.0 Å². The number of carboxylic acids is 1. The van der Waals surface area contributed by atoms with Crippen LogP contribution in [-0.2, 0) is 17.6 Å². The Hall–Kier alpha value is -2.30. The second kappa shape index (κ2) is 4.91. The molecule has 0 saturated carbocycles. The summed E-state index contributed by atoms with van der Waals surface area (Å²) in [7, 11) is 0. The van der Waals surface area contributed by atoms with Crippen molar-refractivity contribution in [3.8, 4) is 5.75 Å². The maximum atomic E-state index is 12.0. The van der Waals surface area contributed by atoms with Crippen molar-refractivity contribution in [2.75, 3.05) is 0 Å². The minimum atomic E-state index is -1.04. The Balaban J connectivity index is 2.16. The van der Waals surface area contributed by atoms with E-state index < -0.39 is 12.1 Å². The third-order valence-electron chi connectivity index (χ3n) is 3.99. The van der Waals surface area contributed by atoms with Crippen LogP contribution >= 0.6 is 0 Å². The lowest BCUT2D eigenvalue weighted by atomic mass is 10.0. The van der Waals surface area contributed by atoms with Gasteiger partial charge in [-0.25, -0.2) is 9.59 Å². The molecule has 1 atom stereocenters. The Bertz CT molecular complexity index is 787. The molecular weight excluding hydrogens is 272 g/mol. The van der Waals surface area contributed by atoms with Crippen molar-refractivity contribution in [1.29, 1.82) is 0 Å². The molecule has 21 heavy (non-hydrogen) atoms. The Morgan fingerprint density at radius 1 is 1.33 bits per heavy atom. The lowest BCUT2D eigenvalue weighted by Crippen LogP contribution is -2.23. The number of carboxylic acid groups (broad SMARTS) is 1. The van der Waals surface area contributed by atoms with Gasteiger partial charge in [0.15, 0.2) is 6.10 Å². The van der Waals surface area contributed by atoms with E-state index >= 15 is 0 Å². The van der Waals surface area contributed by atoms with Gasteiger partial charge in [0.25, 0.3) is 0 Å². The van der Waals surface area contributed by atoms with E-state index in [9.17, 15) is 9.59 Å². The number of aryl methyl sites for hydroxylation is 2. The second-order valence-corrected chi connectivity index (χ2v) is 5.36. The van der Waals surface area contributed by atoms with Crippen molar-refractivity contribution < 1.29 is 19.1 Å². The van der Waals surface area contributed by atoms with Gasteiger partial charge >= 0.3 is 11.6 Å². The Morgan fingerprint density at radius 3 is 2.76 bits per heavy atom. The Labute approximate surface area is 121 Å². The van der Waals surface area contributed by atoms with Gasteiger partial charge in [-0.1, -0.05) is 0 Å². The smallest absolute Gasteiger partial charge is 0.344 e. The average molecular weight is 288 g/mol. The van der Waals surface area contributed by atoms with E-state index in [1.54, 1.807) is 13.0 Å². The van der Waals surface area contributed by atoms with E-state index in [0.717, 1.165) is 35.8 Å². The number of carbonyl (C=O) groups is 1. The minimum Gasteiger partial charge on any atom is -0.479 e. The maximum Gasteiger partial charge on any atom is 0.344 e. The molecule has 0 radical (unpaired) electrons. The van der Waals surface area contributed by atoms with Crippen LogP contribution in [0.3, 0.4) is 0 Å². The van der Waals surface area contributed by atoms with Gasteiger partial charge in [0.1, 0.15) is 11.3 Å². The summed E-state index contributed by atoms with van der Waals surface area (Å²) in [6.45, 7) is 3.24. The molecule has 5 nitrogen and oxygen atoms in total. The van der Waals surface area contributed by atoms with Gasteiger partial charge in [-0.2, -0.15) is 0 Å². The highest BCUT2D eigenvalue weighted by Crippen LogP contribution is 2.33. The molecule has 0 amide bonds. The van der Waals surface area contributed by atoms with Gasteiger partial charge in [-0.3, -0.25) is 0 Å². The fourth-order valence-corrected chi connectivity index (χ4v) is 2.83. The number of fused-ring (bicyclic) bond motifs is 3. The predicted molar refractivity (Wildman–Crippen MR) is 77.0 cm³/mol. The summed E-state index contributed by atoms with van der Waals surface area (Å²) in [6, 6.07) is 3.59. The third kappa shape index (κ3) is 2.18. The van der Waals surface area contributed by atoms with Crippen LogP contribution in [0, 0.1) is 6.92 Å². The summed E-state index contributed by atoms with van der Waals surface area (Å²) in [6.07, 6.45) is 1.65. The zero-order valence-electron chi connectivity index (χ0n) is 11.9. The van der Waals surface area contributed by atoms with Crippen LogP contribution in [0.1, 0.15) is 30.0 Å². The number of aliphatic carboxylic acids is 1. The molecule has 3 rings (SSSR count). The quantitative estimate of drug-likeness (QED) is 0.878. The molecule has 110 valence electrons. The summed E-state index contributed by atoms with van der Waals surface area (Å²) < 4.78 is 10.8. The molecule has 0 bridgehead atoms. The molecule has 1 aromatic heterocycles. The van der Waals surface area contributed by atoms with Gasteiger partial charge in [0.2, 0.25) is 0 Å². The largest absolute Gasteiger partial charge is 0.479 e. The zero-order chi connectivity index (χ0) is 15.1. The number of ether oxygens (including phenoxy) is 1. The first kappa shape index (κ1) is 13.7. The summed E-state index contributed by atoms with van der Waals surface area (Å²) in [5.41, 5.74) is 2.70. The molecule has 1 aliphatic carbocycles. The van der Waals surface area contributed by atoms with Gasteiger partial charge < -0.3 is 14.3 Å². The van der Waals surface area contributed by atoms with Crippen molar-refractivity contribution in [2.24, 2.45) is 0 Å². The highest BCUT2D eigenvalue weighted by molar-refractivity contribution is 5.86. The zero-order valence-corrected chi connectivity index (χ0v) is 11.9. The molecule has 0 fully saturated rings. The van der Waals surface area contributed by atoms with E-state index in [4.69, 9.17) is 14.3 Å². The lowest BCUT2D eigenvalue weighted by molar-refractivity contribution is -0.144. The van der Waals surface area contributed by atoms with E-state index in [1.807, 2.05) is 6.07 Å². The molecular formula is C16H16O5. The average Bonchev–Trinajstić information content (AvgIpc) is 2.92. The molecule has 1 unspecified atom stereocenters. The summed E-state index contributed by atoms with van der Waals surface area (Å²) in [5.74, 6) is -0.608. The molecule has 0 saturated heterocycles. The van der Waals surface area contributed by atoms with Gasteiger partial charge in [-0.05, 0) is 50.8 Å². The van der Waals surface area contributed by atoms with Gasteiger partial charge in [0.05, 0.1) is 0 Å². The second-order valence-electron chi connectivity index (χ2n) is 5.36. The first-order chi connectivity index (χ1) is 9.99. The van der Waals surface area contributed by atoms with Gasteiger partial charge in [-0.15, -0.1) is 0 Å². The molecule has 0 spiro atoms. The molecule has 1 heterocycles. The molecule has 1 N–H and O–H groups in total. The summed E-state index contributed by atoms with van der Waals surface area (Å²) in [5, 5.41) is 9.85. The van der Waals surface area contributed by atoms with E-state index in [1.165, 1.54) is 6.92 Å². The van der Waals surface area contributed by atoms with E-state index in [2.05, 4.69) is 0 Å². The first-order valence-corrected chi connectivity index (χ1v) is 6.96. The lowest BCUT2D eigenvalue weighted by Gasteiger charge is -2.14. The third-order valence-corrected chi connectivity index (χ3v) is 3.99. The summed E-state index contributed by atoms with van der Waals surface area (Å²) in [4.78, 5) is 22.9. The number of rotatable bonds is 3. The van der Waals surface area contributed by atoms with Crippen molar-refractivity contribution in [1.82, 2.24) is 0 Å². The molecule has 1 aliphatic rings. The number of benzene rings is 1. The molecule has 0 aliphatic heterocycles. The predicted octanol–water partition coefficient (Wildman–Crippen LogP) is 2.44. The van der Waals surface area contributed by atoms with Crippen LogP contribution < -0.4 is 10.4 Å². The first-order valence-electron chi connectivity index (χ1n) is 6.96. The van der Waals surface area contributed by atoms with Crippen molar-refractivity contribution in [3.63, 3.8) is 0 Å². The Morgan fingerprint density at radius 2 is 2.05 bits per heavy atom. The molecule has 2 aromatic rings. The monoisotopic (exact) mass is 288 g/mol. The standard InChI is InChI=1S/C16H16O5/c1-8-13(20-9(2)15(17)18)7-6-11-10-4-3-5-12(10)16(19)21-14(8)11/h6-7,9H,3-5H2,1-2H3,(H,17,18). The van der Waals surface area contributed by atoms with Crippen LogP contribution in [0.5, 0.6) is 5.75 Å². The molecule has 5 heteroatoms. The fraction of sp³-hybridized carbons (Fsp3) is 0.375. The van der Waals surface area contributed by atoms with Gasteiger partial charge in [0, 0.05) is 16.5 Å². The van der Waals surface area contributed by atoms with Crippen LogP contribution in [-0.4, -0.2) is 17.2 Å². The van der Waals surface area contributed by atoms with E-state index in [0.29, 0.717) is 16.9 Å². The van der Waals surface area contributed by atoms with Crippen LogP contribution in [0.2, 0.25) is 0 Å².